The van der Waals surface area contributed by atoms with Crippen LogP contribution >= 0.6 is 0 Å². The fourth-order valence-corrected chi connectivity index (χ4v) is 5.27. The fraction of sp³-hybridized carbons (Fsp3) is 0.290. The number of amides is 1. The summed E-state index contributed by atoms with van der Waals surface area (Å²) in [5, 5.41) is 11.1. The Balaban J connectivity index is 1.21. The van der Waals surface area contributed by atoms with Crippen molar-refractivity contribution in [2.24, 2.45) is 0 Å². The molecule has 2 N–H and O–H groups in total. The summed E-state index contributed by atoms with van der Waals surface area (Å²) >= 11 is 0. The summed E-state index contributed by atoms with van der Waals surface area (Å²) in [6.07, 6.45) is -1.49. The number of ether oxygens (including phenoxy) is 1. The number of aromatic amines is 1. The fourth-order valence-electron chi connectivity index (χ4n) is 5.27. The molecule has 0 unspecified atom stereocenters. The van der Waals surface area contributed by atoms with Gasteiger partial charge in [-0.15, -0.1) is 0 Å². The summed E-state index contributed by atoms with van der Waals surface area (Å²) in [7, 11) is 0. The van der Waals surface area contributed by atoms with Gasteiger partial charge in [0.15, 0.2) is 0 Å². The lowest BCUT2D eigenvalue weighted by Gasteiger charge is -2.34. The van der Waals surface area contributed by atoms with Gasteiger partial charge in [-0.2, -0.15) is 18.3 Å². The monoisotopic (exact) mass is 589 g/mol. The van der Waals surface area contributed by atoms with Crippen molar-refractivity contribution in [2.75, 3.05) is 38.0 Å². The van der Waals surface area contributed by atoms with Crippen LogP contribution in [-0.4, -0.2) is 68.6 Å². The van der Waals surface area contributed by atoms with E-state index in [1.54, 1.807) is 24.4 Å². The molecule has 0 bridgehead atoms. The maximum absolute atomic E-state index is 14.1. The Morgan fingerprint density at radius 2 is 1.81 bits per heavy atom. The number of H-pyrrole nitrogens is 1. The second kappa shape index (κ2) is 11.6. The first-order chi connectivity index (χ1) is 20.7. The summed E-state index contributed by atoms with van der Waals surface area (Å²) in [5.41, 5.74) is 1.94. The van der Waals surface area contributed by atoms with Crippen molar-refractivity contribution in [3.05, 3.63) is 83.3 Å². The van der Waals surface area contributed by atoms with E-state index in [2.05, 4.69) is 37.3 Å². The first kappa shape index (κ1) is 28.6. The van der Waals surface area contributed by atoms with Gasteiger partial charge in [0, 0.05) is 49.4 Å². The Morgan fingerprint density at radius 1 is 1.02 bits per heavy atom. The maximum atomic E-state index is 14.1. The van der Waals surface area contributed by atoms with Gasteiger partial charge in [0.05, 0.1) is 28.2 Å². The van der Waals surface area contributed by atoms with Gasteiger partial charge in [-0.25, -0.2) is 9.97 Å². The van der Waals surface area contributed by atoms with Crippen LogP contribution in [0.3, 0.4) is 0 Å². The van der Waals surface area contributed by atoms with Crippen molar-refractivity contribution < 1.29 is 22.7 Å². The molecular formula is C31H30F3N7O2. The first-order valence-electron chi connectivity index (χ1n) is 14.0. The van der Waals surface area contributed by atoms with Gasteiger partial charge in [0.25, 0.3) is 5.91 Å². The molecule has 3 heterocycles. The molecule has 0 spiro atoms. The van der Waals surface area contributed by atoms with E-state index in [9.17, 15) is 18.0 Å². The van der Waals surface area contributed by atoms with Crippen LogP contribution in [0.25, 0.3) is 21.8 Å². The number of piperazine rings is 1. The molecule has 0 radical (unpaired) electrons. The van der Waals surface area contributed by atoms with Crippen molar-refractivity contribution in [1.82, 2.24) is 30.0 Å². The number of rotatable bonds is 7. The van der Waals surface area contributed by atoms with Crippen molar-refractivity contribution >= 4 is 33.4 Å². The molecule has 1 amide bonds. The van der Waals surface area contributed by atoms with Gasteiger partial charge >= 0.3 is 6.18 Å². The molecule has 1 aliphatic heterocycles. The van der Waals surface area contributed by atoms with Crippen molar-refractivity contribution in [1.29, 1.82) is 0 Å². The van der Waals surface area contributed by atoms with E-state index in [-0.39, 0.29) is 23.4 Å². The largest absolute Gasteiger partial charge is 0.438 e. The Bertz CT molecular complexity index is 1800. The summed E-state index contributed by atoms with van der Waals surface area (Å²) in [6.45, 7) is 8.10. The Hall–Kier alpha value is -4.55. The number of anilines is 1. The van der Waals surface area contributed by atoms with Crippen LogP contribution in [0.15, 0.2) is 61.1 Å². The van der Waals surface area contributed by atoms with E-state index >= 15 is 0 Å². The number of alkyl halides is 3. The lowest BCUT2D eigenvalue weighted by Crippen LogP contribution is -2.45. The van der Waals surface area contributed by atoms with E-state index in [0.717, 1.165) is 42.2 Å². The van der Waals surface area contributed by atoms with E-state index in [0.29, 0.717) is 35.6 Å². The predicted octanol–water partition coefficient (Wildman–Crippen LogP) is 6.02. The SMILES string of the molecule is CCN1CCN(Cc2ccc(NC(=O)c3ccc(C)c(Oc4ncnc5cc6[nH]ncc6cc45)c3)cc2C(F)(F)F)CC1. The third-order valence-corrected chi connectivity index (χ3v) is 7.79. The Morgan fingerprint density at radius 3 is 2.58 bits per heavy atom. The normalized spacial score (nSPS) is 14.8. The number of aryl methyl sites for hydroxylation is 1. The highest BCUT2D eigenvalue weighted by Gasteiger charge is 2.34. The molecule has 9 nitrogen and oxygen atoms in total. The molecule has 222 valence electrons. The number of halogens is 3. The number of carbonyl (C=O) groups is 1. The molecular weight excluding hydrogens is 559 g/mol. The number of fused-ring (bicyclic) bond motifs is 2. The van der Waals surface area contributed by atoms with Gasteiger partial charge in [-0.3, -0.25) is 14.8 Å². The van der Waals surface area contributed by atoms with E-state index < -0.39 is 17.6 Å². The molecule has 6 rings (SSSR count). The van der Waals surface area contributed by atoms with Crippen molar-refractivity contribution in [2.45, 2.75) is 26.6 Å². The first-order valence-corrected chi connectivity index (χ1v) is 14.0. The number of hydrogen-bond donors (Lipinski definition) is 2. The van der Waals surface area contributed by atoms with Crippen LogP contribution in [0.5, 0.6) is 11.6 Å². The zero-order valence-electron chi connectivity index (χ0n) is 23.7. The highest BCUT2D eigenvalue weighted by atomic mass is 19.4. The molecule has 5 aromatic rings. The van der Waals surface area contributed by atoms with Crippen LogP contribution in [0.1, 0.15) is 34.0 Å². The molecule has 1 saturated heterocycles. The maximum Gasteiger partial charge on any atom is 0.416 e. The van der Waals surface area contributed by atoms with Crippen molar-refractivity contribution in [3.8, 4) is 11.6 Å². The Labute approximate surface area is 245 Å². The van der Waals surface area contributed by atoms with Gasteiger partial charge in [0.1, 0.15) is 12.1 Å². The quantitative estimate of drug-likeness (QED) is 0.240. The molecule has 3 aromatic carbocycles. The van der Waals surface area contributed by atoms with Crippen LogP contribution < -0.4 is 10.1 Å². The minimum atomic E-state index is -4.56. The molecule has 43 heavy (non-hydrogen) atoms. The lowest BCUT2D eigenvalue weighted by atomic mass is 10.0. The van der Waals surface area contributed by atoms with Crippen molar-refractivity contribution in [3.63, 3.8) is 0 Å². The highest BCUT2D eigenvalue weighted by Crippen LogP contribution is 2.35. The number of benzene rings is 3. The minimum absolute atomic E-state index is 0.0610. The van der Waals surface area contributed by atoms with E-state index in [4.69, 9.17) is 4.74 Å². The zero-order chi connectivity index (χ0) is 30.1. The molecule has 12 heteroatoms. The number of nitrogens with zero attached hydrogens (tertiary/aromatic N) is 5. The standard InChI is InChI=1S/C31H30F3N7O2/c1-3-40-8-10-41(11-9-40)17-21-6-7-23(14-25(21)31(32,33)34)38-29(42)20-5-4-19(2)28(13-20)43-30-24-12-22-16-37-39-26(22)15-27(24)35-18-36-30/h4-7,12-16,18H,3,8-11,17H2,1-2H3,(H,37,39)(H,38,42). The highest BCUT2D eigenvalue weighted by molar-refractivity contribution is 6.04. The van der Waals surface area contributed by atoms with Crippen LogP contribution in [-0.2, 0) is 12.7 Å². The van der Waals surface area contributed by atoms with Gasteiger partial charge in [-0.1, -0.05) is 19.1 Å². The van der Waals surface area contributed by atoms with Gasteiger partial charge in [0.2, 0.25) is 5.88 Å². The second-order valence-electron chi connectivity index (χ2n) is 10.6. The minimum Gasteiger partial charge on any atom is -0.438 e. The number of nitrogens with one attached hydrogen (secondary N) is 2. The molecule has 1 aliphatic rings. The summed E-state index contributed by atoms with van der Waals surface area (Å²) in [4.78, 5) is 26.1. The molecule has 1 fully saturated rings. The molecule has 2 aromatic heterocycles. The van der Waals surface area contributed by atoms with Gasteiger partial charge < -0.3 is 15.0 Å². The third-order valence-electron chi connectivity index (χ3n) is 7.79. The van der Waals surface area contributed by atoms with E-state index in [1.165, 1.54) is 18.5 Å². The average Bonchev–Trinajstić information content (AvgIpc) is 3.45. The average molecular weight is 590 g/mol. The number of hydrogen-bond acceptors (Lipinski definition) is 7. The summed E-state index contributed by atoms with van der Waals surface area (Å²) < 4.78 is 48.3. The lowest BCUT2D eigenvalue weighted by molar-refractivity contribution is -0.138. The number of aromatic nitrogens is 4. The summed E-state index contributed by atoms with van der Waals surface area (Å²) in [5.74, 6) is 0.124. The van der Waals surface area contributed by atoms with E-state index in [1.807, 2.05) is 24.0 Å². The second-order valence-corrected chi connectivity index (χ2v) is 10.6. The van der Waals surface area contributed by atoms with Gasteiger partial charge in [-0.05, 0) is 61.0 Å². The molecule has 0 saturated carbocycles. The number of likely N-dealkylation sites (N-methyl/N-ethyl adjacent to an activating group) is 1. The predicted molar refractivity (Wildman–Crippen MR) is 157 cm³/mol. The summed E-state index contributed by atoms with van der Waals surface area (Å²) in [6, 6.07) is 12.5. The van der Waals surface area contributed by atoms with Crippen LogP contribution in [0.2, 0.25) is 0 Å². The topological polar surface area (TPSA) is 99.3 Å². The molecule has 0 atom stereocenters. The smallest absolute Gasteiger partial charge is 0.416 e. The third kappa shape index (κ3) is 6.15. The van der Waals surface area contributed by atoms with Crippen LogP contribution in [0.4, 0.5) is 18.9 Å². The number of carbonyl (C=O) groups excluding carboxylic acids is 1. The van der Waals surface area contributed by atoms with Crippen LogP contribution in [0, 0.1) is 6.92 Å². The molecule has 0 aliphatic carbocycles. The zero-order valence-corrected chi connectivity index (χ0v) is 23.7. The Kier molecular flexibility index (Phi) is 7.72.